The quantitative estimate of drug-likeness (QED) is 0.597. The van der Waals surface area contributed by atoms with Gasteiger partial charge in [-0.25, -0.2) is 9.78 Å². The lowest BCUT2D eigenvalue weighted by atomic mass is 10.2. The summed E-state index contributed by atoms with van der Waals surface area (Å²) in [4.78, 5) is 27.7. The van der Waals surface area contributed by atoms with Crippen LogP contribution in [-0.4, -0.2) is 21.3 Å². The van der Waals surface area contributed by atoms with Crippen molar-refractivity contribution in [3.05, 3.63) is 58.3 Å². The predicted octanol–water partition coefficient (Wildman–Crippen LogP) is 2.87. The Morgan fingerprint density at radius 1 is 1.32 bits per heavy atom. The molecule has 0 atom stereocenters. The van der Waals surface area contributed by atoms with Crippen molar-refractivity contribution < 1.29 is 9.59 Å². The number of fused-ring (bicyclic) bond motifs is 1. The number of primary amides is 1. The van der Waals surface area contributed by atoms with Gasteiger partial charge in [0.15, 0.2) is 10.1 Å². The third-order valence-corrected chi connectivity index (χ3v) is 4.37. The maximum absolute atomic E-state index is 12.0. The molecule has 25 heavy (non-hydrogen) atoms. The van der Waals surface area contributed by atoms with E-state index >= 15 is 0 Å². The molecule has 128 valence electrons. The molecule has 3 aromatic rings. The minimum absolute atomic E-state index is 0.249. The largest absolute Gasteiger partial charge is 0.351 e. The summed E-state index contributed by atoms with van der Waals surface area (Å²) in [6.45, 7) is 0.355. The molecule has 2 heterocycles. The lowest BCUT2D eigenvalue weighted by Gasteiger charge is -2.05. The number of imidazole rings is 1. The number of halogens is 1. The van der Waals surface area contributed by atoms with Gasteiger partial charge in [0, 0.05) is 29.9 Å². The smallest absolute Gasteiger partial charge is 0.316 e. The topological polar surface area (TPSA) is 102 Å². The number of nitrogens with one attached hydrogen (secondary N) is 2. The van der Waals surface area contributed by atoms with Crippen molar-refractivity contribution in [2.75, 3.05) is 5.32 Å². The van der Waals surface area contributed by atoms with Crippen molar-refractivity contribution in [1.82, 2.24) is 14.7 Å². The minimum Gasteiger partial charge on any atom is -0.351 e. The molecule has 0 aliphatic heterocycles. The molecule has 0 fully saturated rings. The second kappa shape index (κ2) is 7.37. The number of carbonyl (C=O) groups is 2. The molecule has 9 heteroatoms. The summed E-state index contributed by atoms with van der Waals surface area (Å²) in [5, 5.41) is 7.50. The third-order valence-electron chi connectivity index (χ3n) is 3.33. The number of amides is 3. The molecule has 3 rings (SSSR count). The Hall–Kier alpha value is -2.84. The van der Waals surface area contributed by atoms with Crippen molar-refractivity contribution in [3.63, 3.8) is 0 Å². The molecule has 2 aromatic heterocycles. The fourth-order valence-corrected chi connectivity index (χ4v) is 3.18. The molecule has 3 amide bonds. The molecule has 0 aliphatic carbocycles. The molecule has 0 aliphatic rings. The number of thiazole rings is 1. The number of aromatic nitrogens is 2. The third kappa shape index (κ3) is 4.17. The van der Waals surface area contributed by atoms with Gasteiger partial charge in [-0.2, -0.15) is 0 Å². The second-order valence-electron chi connectivity index (χ2n) is 5.08. The van der Waals surface area contributed by atoms with Crippen LogP contribution in [0.5, 0.6) is 0 Å². The maximum atomic E-state index is 12.0. The van der Waals surface area contributed by atoms with Crippen LogP contribution >= 0.6 is 22.9 Å². The van der Waals surface area contributed by atoms with E-state index in [-0.39, 0.29) is 5.91 Å². The SMILES string of the molecule is NC(=O)Nc1ccc(CNC(=O)/C=C/c2c(Cl)nc3sccn23)cc1. The predicted molar refractivity (Wildman–Crippen MR) is 98.6 cm³/mol. The van der Waals surface area contributed by atoms with Gasteiger partial charge in [-0.1, -0.05) is 23.7 Å². The number of nitrogens with zero attached hydrogens (tertiary/aromatic N) is 2. The summed E-state index contributed by atoms with van der Waals surface area (Å²) in [5.74, 6) is -0.249. The van der Waals surface area contributed by atoms with Crippen LogP contribution < -0.4 is 16.4 Å². The van der Waals surface area contributed by atoms with Crippen LogP contribution in [0.4, 0.5) is 10.5 Å². The average molecular weight is 376 g/mol. The van der Waals surface area contributed by atoms with Gasteiger partial charge in [0.2, 0.25) is 5.91 Å². The Balaban J connectivity index is 1.58. The lowest BCUT2D eigenvalue weighted by molar-refractivity contribution is -0.116. The van der Waals surface area contributed by atoms with Gasteiger partial charge in [0.25, 0.3) is 0 Å². The number of rotatable bonds is 5. The average Bonchev–Trinajstić information content (AvgIpc) is 3.12. The standard InChI is InChI=1S/C16H14ClN5O2S/c17-14-12(22-7-8-25-16(22)21-14)5-6-13(23)19-9-10-1-3-11(4-2-10)20-15(18)24/h1-8H,9H2,(H,19,23)(H3,18,20,24)/b6-5+. The van der Waals surface area contributed by atoms with E-state index in [0.29, 0.717) is 23.1 Å². The summed E-state index contributed by atoms with van der Waals surface area (Å²) in [5.41, 5.74) is 7.19. The Kier molecular flexibility index (Phi) is 5.01. The first-order chi connectivity index (χ1) is 12.0. The molecule has 4 N–H and O–H groups in total. The van der Waals surface area contributed by atoms with Gasteiger partial charge in [-0.05, 0) is 23.8 Å². The van der Waals surface area contributed by atoms with Crippen LogP contribution in [0, 0.1) is 0 Å². The fourth-order valence-electron chi connectivity index (χ4n) is 2.18. The number of anilines is 1. The highest BCUT2D eigenvalue weighted by atomic mass is 35.5. The van der Waals surface area contributed by atoms with E-state index in [0.717, 1.165) is 10.5 Å². The zero-order valence-electron chi connectivity index (χ0n) is 12.9. The number of hydrogen-bond donors (Lipinski definition) is 3. The van der Waals surface area contributed by atoms with Crippen molar-refractivity contribution in [1.29, 1.82) is 0 Å². The first kappa shape index (κ1) is 17.0. The summed E-state index contributed by atoms with van der Waals surface area (Å²) in [7, 11) is 0. The monoisotopic (exact) mass is 375 g/mol. The van der Waals surface area contributed by atoms with Crippen molar-refractivity contribution in [2.45, 2.75) is 6.54 Å². The Morgan fingerprint density at radius 2 is 2.08 bits per heavy atom. The molecule has 0 spiro atoms. The molecule has 7 nitrogen and oxygen atoms in total. The molecular weight excluding hydrogens is 362 g/mol. The zero-order valence-corrected chi connectivity index (χ0v) is 14.5. The minimum atomic E-state index is -0.621. The molecule has 0 unspecified atom stereocenters. The van der Waals surface area contributed by atoms with Crippen LogP contribution in [0.2, 0.25) is 5.15 Å². The Labute approximate surface area is 152 Å². The van der Waals surface area contributed by atoms with E-state index in [4.69, 9.17) is 17.3 Å². The molecular formula is C16H14ClN5O2S. The lowest BCUT2D eigenvalue weighted by Crippen LogP contribution is -2.20. The molecule has 0 saturated heterocycles. The first-order valence-corrected chi connectivity index (χ1v) is 8.51. The highest BCUT2D eigenvalue weighted by Crippen LogP contribution is 2.22. The van der Waals surface area contributed by atoms with E-state index in [1.807, 2.05) is 16.0 Å². The van der Waals surface area contributed by atoms with Crippen LogP contribution in [0.15, 0.2) is 41.9 Å². The van der Waals surface area contributed by atoms with Gasteiger partial charge >= 0.3 is 6.03 Å². The summed E-state index contributed by atoms with van der Waals surface area (Å²) in [6.07, 6.45) is 4.89. The van der Waals surface area contributed by atoms with Crippen LogP contribution in [0.3, 0.4) is 0 Å². The second-order valence-corrected chi connectivity index (χ2v) is 6.31. The summed E-state index contributed by atoms with van der Waals surface area (Å²) >= 11 is 7.54. The number of benzene rings is 1. The van der Waals surface area contributed by atoms with Crippen molar-refractivity contribution in [3.8, 4) is 0 Å². The first-order valence-electron chi connectivity index (χ1n) is 7.25. The zero-order chi connectivity index (χ0) is 17.8. The van der Waals surface area contributed by atoms with E-state index in [1.165, 1.54) is 17.4 Å². The molecule has 0 radical (unpaired) electrons. The van der Waals surface area contributed by atoms with Gasteiger partial charge in [0.1, 0.15) is 0 Å². The van der Waals surface area contributed by atoms with Crippen molar-refractivity contribution >= 4 is 51.6 Å². The van der Waals surface area contributed by atoms with Gasteiger partial charge in [0.05, 0.1) is 5.69 Å². The van der Waals surface area contributed by atoms with Crippen LogP contribution in [0.25, 0.3) is 11.0 Å². The maximum Gasteiger partial charge on any atom is 0.316 e. The summed E-state index contributed by atoms with van der Waals surface area (Å²) in [6, 6.07) is 6.38. The van der Waals surface area contributed by atoms with E-state index in [2.05, 4.69) is 15.6 Å². The molecule has 0 saturated carbocycles. The number of nitrogens with two attached hydrogens (primary N) is 1. The van der Waals surface area contributed by atoms with Crippen LogP contribution in [-0.2, 0) is 11.3 Å². The van der Waals surface area contributed by atoms with E-state index < -0.39 is 6.03 Å². The van der Waals surface area contributed by atoms with Gasteiger partial charge < -0.3 is 16.4 Å². The van der Waals surface area contributed by atoms with Crippen molar-refractivity contribution in [2.24, 2.45) is 5.73 Å². The van der Waals surface area contributed by atoms with Gasteiger partial charge in [-0.15, -0.1) is 11.3 Å². The van der Waals surface area contributed by atoms with E-state index in [9.17, 15) is 9.59 Å². The Bertz CT molecular complexity index is 945. The number of urea groups is 1. The highest BCUT2D eigenvalue weighted by molar-refractivity contribution is 7.15. The van der Waals surface area contributed by atoms with E-state index in [1.54, 1.807) is 30.3 Å². The van der Waals surface area contributed by atoms with Crippen LogP contribution in [0.1, 0.15) is 11.3 Å². The molecule has 0 bridgehead atoms. The number of carbonyl (C=O) groups excluding carboxylic acids is 2. The molecule has 1 aromatic carbocycles. The Morgan fingerprint density at radius 3 is 2.80 bits per heavy atom. The number of hydrogen-bond acceptors (Lipinski definition) is 4. The fraction of sp³-hybridized carbons (Fsp3) is 0.0625. The summed E-state index contributed by atoms with van der Waals surface area (Å²) < 4.78 is 1.82. The van der Waals surface area contributed by atoms with Gasteiger partial charge in [-0.3, -0.25) is 9.20 Å². The highest BCUT2D eigenvalue weighted by Gasteiger charge is 2.08. The normalized spacial score (nSPS) is 11.1.